The lowest BCUT2D eigenvalue weighted by Gasteiger charge is -2.22. The van der Waals surface area contributed by atoms with Crippen molar-refractivity contribution in [2.24, 2.45) is 0 Å². The number of amides is 1. The van der Waals surface area contributed by atoms with Gasteiger partial charge >= 0.3 is 5.97 Å². The van der Waals surface area contributed by atoms with Crippen LogP contribution in [0.25, 0.3) is 16.3 Å². The van der Waals surface area contributed by atoms with Crippen LogP contribution in [0.5, 0.6) is 0 Å². The highest BCUT2D eigenvalue weighted by molar-refractivity contribution is 8.03. The minimum Gasteiger partial charge on any atom is -0.481 e. The van der Waals surface area contributed by atoms with Crippen molar-refractivity contribution in [2.45, 2.75) is 31.8 Å². The minimum atomic E-state index is -0.873. The lowest BCUT2D eigenvalue weighted by atomic mass is 10.1. The Kier molecular flexibility index (Phi) is 9.09. The zero-order chi connectivity index (χ0) is 29.1. The number of hydrogen-bond donors (Lipinski definition) is 2. The Morgan fingerprint density at radius 3 is 2.49 bits per heavy atom. The molecule has 1 aliphatic heterocycles. The molecule has 3 aromatic carbocycles. The van der Waals surface area contributed by atoms with Crippen molar-refractivity contribution in [3.8, 4) is 0 Å². The summed E-state index contributed by atoms with van der Waals surface area (Å²) in [6.45, 7) is 5.97. The van der Waals surface area contributed by atoms with Gasteiger partial charge in [0.15, 0.2) is 0 Å². The van der Waals surface area contributed by atoms with E-state index in [0.717, 1.165) is 48.6 Å². The number of rotatable bonds is 10. The third-order valence-corrected chi connectivity index (χ3v) is 9.45. The number of carbonyl (C=O) groups is 2. The topological polar surface area (TPSA) is 76.8 Å². The third-order valence-electron chi connectivity index (χ3n) is 6.76. The number of fused-ring (bicyclic) bond motifs is 2. The molecule has 0 fully saturated rings. The number of likely N-dealkylation sites (N-methyl/N-ethyl adjacent to an activating group) is 1. The number of aromatic nitrogens is 1. The molecule has 7 nitrogen and oxygen atoms in total. The summed E-state index contributed by atoms with van der Waals surface area (Å²) in [5, 5.41) is 15.5. The van der Waals surface area contributed by atoms with Crippen molar-refractivity contribution in [2.75, 3.05) is 29.4 Å². The van der Waals surface area contributed by atoms with Crippen LogP contribution in [0.1, 0.15) is 24.4 Å². The van der Waals surface area contributed by atoms with Gasteiger partial charge in [0.05, 0.1) is 29.8 Å². The summed E-state index contributed by atoms with van der Waals surface area (Å²) in [7, 11) is 0. The van der Waals surface area contributed by atoms with Gasteiger partial charge < -0.3 is 14.9 Å². The molecule has 5 rings (SSSR count). The van der Waals surface area contributed by atoms with Crippen molar-refractivity contribution in [1.29, 1.82) is 0 Å². The first-order valence-corrected chi connectivity index (χ1v) is 15.6. The van der Waals surface area contributed by atoms with Crippen LogP contribution in [0, 0.1) is 0 Å². The first-order valence-electron chi connectivity index (χ1n) is 13.2. The van der Waals surface area contributed by atoms with E-state index in [1.165, 1.54) is 0 Å². The maximum atomic E-state index is 13.1. The second-order valence-electron chi connectivity index (χ2n) is 9.43. The number of halogens is 2. The van der Waals surface area contributed by atoms with Gasteiger partial charge in [0, 0.05) is 39.8 Å². The summed E-state index contributed by atoms with van der Waals surface area (Å²) in [6, 6.07) is 19.0. The van der Waals surface area contributed by atoms with E-state index in [1.807, 2.05) is 60.4 Å². The van der Waals surface area contributed by atoms with Crippen LogP contribution in [-0.4, -0.2) is 36.6 Å². The van der Waals surface area contributed by atoms with Gasteiger partial charge in [-0.2, -0.15) is 4.57 Å². The number of nitrogens with zero attached hydrogens (tertiary/aromatic N) is 3. The first-order chi connectivity index (χ1) is 19.7. The Morgan fingerprint density at radius 2 is 1.78 bits per heavy atom. The summed E-state index contributed by atoms with van der Waals surface area (Å²) < 4.78 is 3.15. The van der Waals surface area contributed by atoms with Crippen molar-refractivity contribution in [3.63, 3.8) is 0 Å². The van der Waals surface area contributed by atoms with E-state index in [4.69, 9.17) is 28.3 Å². The van der Waals surface area contributed by atoms with Crippen LogP contribution in [-0.2, 0) is 22.7 Å². The standard InChI is InChI=1S/C30H28Cl2N4O3S2/c1-3-34(22-9-5-19(6-10-22)13-30(38)39)17-27(37)33-18-36-24-15-21(32)8-12-26(24)41-29(36)16-28-35(4-2)23-14-20(31)7-11-25(23)40-28/h5-12,14-16H,3-4,13,17-18H2,1-2H3,(H-,33,37,38,39)/p+1. The van der Waals surface area contributed by atoms with Gasteiger partial charge in [-0.1, -0.05) is 58.4 Å². The summed E-state index contributed by atoms with van der Waals surface area (Å²) >= 11 is 16.0. The third kappa shape index (κ3) is 6.64. The minimum absolute atomic E-state index is 0.0322. The summed E-state index contributed by atoms with van der Waals surface area (Å²) in [5.74, 6) is -0.997. The van der Waals surface area contributed by atoms with Crippen LogP contribution >= 0.6 is 46.3 Å². The molecule has 212 valence electrons. The lowest BCUT2D eigenvalue weighted by Crippen LogP contribution is -2.47. The zero-order valence-electron chi connectivity index (χ0n) is 22.6. The van der Waals surface area contributed by atoms with Gasteiger partial charge in [-0.3, -0.25) is 14.9 Å². The predicted molar refractivity (Wildman–Crippen MR) is 169 cm³/mol. The number of nitrogens with one attached hydrogen (secondary N) is 1. The second kappa shape index (κ2) is 12.7. The highest BCUT2D eigenvalue weighted by Gasteiger charge is 2.28. The highest BCUT2D eigenvalue weighted by atomic mass is 35.5. The largest absolute Gasteiger partial charge is 0.481 e. The number of carboxylic acids is 1. The highest BCUT2D eigenvalue weighted by Crippen LogP contribution is 2.47. The molecule has 4 aromatic rings. The molecule has 0 unspecified atom stereocenters. The lowest BCUT2D eigenvalue weighted by molar-refractivity contribution is -0.672. The van der Waals surface area contributed by atoms with Crippen molar-refractivity contribution in [3.05, 3.63) is 86.3 Å². The molecule has 2 heterocycles. The number of carbonyl (C=O) groups excluding carboxylic acids is 1. The van der Waals surface area contributed by atoms with E-state index in [2.05, 4.69) is 27.8 Å². The van der Waals surface area contributed by atoms with Crippen LogP contribution < -0.4 is 19.7 Å². The maximum Gasteiger partial charge on any atom is 0.307 e. The van der Waals surface area contributed by atoms with Crippen LogP contribution in [0.2, 0.25) is 10.0 Å². The van der Waals surface area contributed by atoms with Gasteiger partial charge in [0.2, 0.25) is 18.1 Å². The SMILES string of the molecule is CCN(CC(=O)NC[n+]1c(/C=C2\Sc3ccc(Cl)cc3N2CC)sc2ccc(Cl)cc21)c1ccc(CC(=O)O)cc1. The molecule has 1 aliphatic rings. The van der Waals surface area contributed by atoms with Crippen LogP contribution in [0.15, 0.2) is 70.6 Å². The number of anilines is 2. The molecule has 11 heteroatoms. The van der Waals surface area contributed by atoms with Crippen molar-refractivity contribution in [1.82, 2.24) is 5.32 Å². The first kappa shape index (κ1) is 29.3. The van der Waals surface area contributed by atoms with Crippen molar-refractivity contribution >= 4 is 85.8 Å². The molecule has 0 radical (unpaired) electrons. The smallest absolute Gasteiger partial charge is 0.307 e. The molecular weight excluding hydrogens is 599 g/mol. The fourth-order valence-corrected chi connectivity index (χ4v) is 7.37. The number of carboxylic acid groups (broad SMARTS) is 1. The van der Waals surface area contributed by atoms with Crippen LogP contribution in [0.4, 0.5) is 11.4 Å². The molecule has 41 heavy (non-hydrogen) atoms. The van der Waals surface area contributed by atoms with Gasteiger partial charge in [-0.15, -0.1) is 0 Å². The molecule has 0 spiro atoms. The Balaban J connectivity index is 1.37. The Labute approximate surface area is 257 Å². The Bertz CT molecular complexity index is 1640. The monoisotopic (exact) mass is 627 g/mol. The summed E-state index contributed by atoms with van der Waals surface area (Å²) in [6.07, 6.45) is 2.12. The second-order valence-corrected chi connectivity index (χ2v) is 12.4. The molecule has 2 N–H and O–H groups in total. The number of thioether (sulfide) groups is 1. The number of benzene rings is 3. The summed E-state index contributed by atoms with van der Waals surface area (Å²) in [4.78, 5) is 29.5. The molecule has 1 aromatic heterocycles. The molecule has 0 bridgehead atoms. The van der Waals surface area contributed by atoms with E-state index in [0.29, 0.717) is 16.6 Å². The average Bonchev–Trinajstić information content (AvgIpc) is 3.46. The molecular formula is C30H29Cl2N4O3S2+. The fraction of sp³-hybridized carbons (Fsp3) is 0.233. The van der Waals surface area contributed by atoms with Gasteiger partial charge in [-0.05, 0) is 61.9 Å². The number of aliphatic carboxylic acids is 1. The van der Waals surface area contributed by atoms with E-state index in [9.17, 15) is 9.59 Å². The van der Waals surface area contributed by atoms with E-state index in [1.54, 1.807) is 35.2 Å². The van der Waals surface area contributed by atoms with E-state index >= 15 is 0 Å². The van der Waals surface area contributed by atoms with Gasteiger partial charge in [0.1, 0.15) is 4.70 Å². The number of thiazole rings is 1. The van der Waals surface area contributed by atoms with Crippen LogP contribution in [0.3, 0.4) is 0 Å². The number of hydrogen-bond acceptors (Lipinski definition) is 6. The normalized spacial score (nSPS) is 13.6. The molecule has 1 amide bonds. The maximum absolute atomic E-state index is 13.1. The van der Waals surface area contributed by atoms with E-state index in [-0.39, 0.29) is 25.5 Å². The van der Waals surface area contributed by atoms with E-state index < -0.39 is 5.97 Å². The van der Waals surface area contributed by atoms with Gasteiger partial charge in [0.25, 0.3) is 5.01 Å². The molecule has 0 aliphatic carbocycles. The Morgan fingerprint density at radius 1 is 1.05 bits per heavy atom. The Hall–Kier alpha value is -3.24. The molecule has 0 saturated carbocycles. The molecule has 0 atom stereocenters. The quantitative estimate of drug-likeness (QED) is 0.192. The average molecular weight is 629 g/mol. The molecule has 0 saturated heterocycles. The zero-order valence-corrected chi connectivity index (χ0v) is 25.7. The predicted octanol–water partition coefficient (Wildman–Crippen LogP) is 6.65. The summed E-state index contributed by atoms with van der Waals surface area (Å²) in [5.41, 5.74) is 3.62. The van der Waals surface area contributed by atoms with Gasteiger partial charge in [-0.25, -0.2) is 0 Å². The van der Waals surface area contributed by atoms with Crippen molar-refractivity contribution < 1.29 is 19.3 Å². The fourth-order valence-electron chi connectivity index (χ4n) is 4.74.